The average molecular weight is 256 g/mol. The third-order valence-electron chi connectivity index (χ3n) is 2.94. The molecular formula is C13H18ClNO2. The fourth-order valence-electron chi connectivity index (χ4n) is 1.96. The molecule has 0 saturated heterocycles. The summed E-state index contributed by atoms with van der Waals surface area (Å²) < 4.78 is 10.7. The molecule has 1 aromatic rings. The monoisotopic (exact) mass is 255 g/mol. The summed E-state index contributed by atoms with van der Waals surface area (Å²) >= 11 is 5.69. The van der Waals surface area contributed by atoms with E-state index in [0.717, 1.165) is 31.0 Å². The van der Waals surface area contributed by atoms with Crippen LogP contribution in [0.15, 0.2) is 12.1 Å². The van der Waals surface area contributed by atoms with E-state index in [1.54, 1.807) is 0 Å². The largest absolute Gasteiger partial charge is 0.454 e. The van der Waals surface area contributed by atoms with Gasteiger partial charge < -0.3 is 14.4 Å². The first-order valence-corrected chi connectivity index (χ1v) is 6.38. The number of ether oxygens (including phenoxy) is 2. The van der Waals surface area contributed by atoms with Crippen molar-refractivity contribution in [1.82, 2.24) is 4.90 Å². The Labute approximate surface area is 107 Å². The van der Waals surface area contributed by atoms with Gasteiger partial charge >= 0.3 is 0 Å². The lowest BCUT2D eigenvalue weighted by atomic mass is 10.1. The Hall–Kier alpha value is -0.930. The van der Waals surface area contributed by atoms with Crippen LogP contribution in [0.1, 0.15) is 17.5 Å². The van der Waals surface area contributed by atoms with Gasteiger partial charge in [-0.25, -0.2) is 0 Å². The van der Waals surface area contributed by atoms with Crippen LogP contribution in [0.25, 0.3) is 0 Å². The summed E-state index contributed by atoms with van der Waals surface area (Å²) in [5.74, 6) is 2.43. The van der Waals surface area contributed by atoms with Crippen molar-refractivity contribution >= 4 is 11.6 Å². The van der Waals surface area contributed by atoms with E-state index < -0.39 is 0 Å². The number of nitrogens with zero attached hydrogens (tertiary/aromatic N) is 1. The summed E-state index contributed by atoms with van der Waals surface area (Å²) in [5.41, 5.74) is 2.53. The molecule has 94 valence electrons. The Morgan fingerprint density at radius 1 is 1.29 bits per heavy atom. The summed E-state index contributed by atoms with van der Waals surface area (Å²) in [4.78, 5) is 2.27. The molecule has 0 unspecified atom stereocenters. The third-order valence-corrected chi connectivity index (χ3v) is 3.21. The molecule has 1 heterocycles. The minimum Gasteiger partial charge on any atom is -0.454 e. The van der Waals surface area contributed by atoms with Gasteiger partial charge in [0.25, 0.3) is 0 Å². The molecule has 17 heavy (non-hydrogen) atoms. The van der Waals surface area contributed by atoms with Gasteiger partial charge in [0.05, 0.1) is 0 Å². The van der Waals surface area contributed by atoms with Gasteiger partial charge in [0.2, 0.25) is 6.79 Å². The summed E-state index contributed by atoms with van der Waals surface area (Å²) in [7, 11) is 2.11. The Kier molecular flexibility index (Phi) is 4.13. The molecule has 3 nitrogen and oxygen atoms in total. The van der Waals surface area contributed by atoms with E-state index >= 15 is 0 Å². The maximum absolute atomic E-state index is 5.69. The lowest BCUT2D eigenvalue weighted by Crippen LogP contribution is -2.19. The molecule has 0 radical (unpaired) electrons. The molecular weight excluding hydrogens is 238 g/mol. The summed E-state index contributed by atoms with van der Waals surface area (Å²) in [5, 5.41) is 0. The van der Waals surface area contributed by atoms with Gasteiger partial charge in [0.15, 0.2) is 11.5 Å². The van der Waals surface area contributed by atoms with Gasteiger partial charge in [-0.05, 0) is 50.2 Å². The van der Waals surface area contributed by atoms with Crippen molar-refractivity contribution in [2.24, 2.45) is 0 Å². The second-order valence-electron chi connectivity index (χ2n) is 4.41. The number of halogens is 1. The molecule has 0 aliphatic carbocycles. The standard InChI is InChI=1S/C13H18ClNO2/c1-10-6-12-13(17-9-16-12)7-11(10)8-15(2)5-3-4-14/h6-7H,3-5,8-9H2,1-2H3. The summed E-state index contributed by atoms with van der Waals surface area (Å²) in [6.07, 6.45) is 1.02. The van der Waals surface area contributed by atoms with Crippen LogP contribution in [0.5, 0.6) is 11.5 Å². The Morgan fingerprint density at radius 3 is 2.71 bits per heavy atom. The van der Waals surface area contributed by atoms with E-state index in [4.69, 9.17) is 21.1 Å². The van der Waals surface area contributed by atoms with Crippen molar-refractivity contribution in [2.45, 2.75) is 19.9 Å². The van der Waals surface area contributed by atoms with Gasteiger partial charge in [-0.2, -0.15) is 0 Å². The van der Waals surface area contributed by atoms with E-state index in [9.17, 15) is 0 Å². The molecule has 0 atom stereocenters. The average Bonchev–Trinajstić information content (AvgIpc) is 2.74. The topological polar surface area (TPSA) is 21.7 Å². The first kappa shape index (κ1) is 12.5. The number of hydrogen-bond donors (Lipinski definition) is 0. The van der Waals surface area contributed by atoms with E-state index in [2.05, 4.69) is 24.9 Å². The highest BCUT2D eigenvalue weighted by Crippen LogP contribution is 2.34. The van der Waals surface area contributed by atoms with Gasteiger partial charge in [-0.1, -0.05) is 0 Å². The Bertz CT molecular complexity index is 395. The van der Waals surface area contributed by atoms with Crippen LogP contribution < -0.4 is 9.47 Å². The number of hydrogen-bond acceptors (Lipinski definition) is 3. The van der Waals surface area contributed by atoms with Crippen molar-refractivity contribution in [3.63, 3.8) is 0 Å². The first-order valence-electron chi connectivity index (χ1n) is 5.84. The van der Waals surface area contributed by atoms with Crippen molar-refractivity contribution in [3.8, 4) is 11.5 Å². The highest BCUT2D eigenvalue weighted by molar-refractivity contribution is 6.17. The molecule has 4 heteroatoms. The molecule has 0 aromatic heterocycles. The molecule has 0 spiro atoms. The number of rotatable bonds is 5. The Morgan fingerprint density at radius 2 is 2.00 bits per heavy atom. The maximum atomic E-state index is 5.69. The van der Waals surface area contributed by atoms with Crippen LogP contribution in [0.3, 0.4) is 0 Å². The zero-order chi connectivity index (χ0) is 12.3. The van der Waals surface area contributed by atoms with Crippen molar-refractivity contribution < 1.29 is 9.47 Å². The number of aryl methyl sites for hydroxylation is 1. The van der Waals surface area contributed by atoms with E-state index in [1.165, 1.54) is 11.1 Å². The van der Waals surface area contributed by atoms with Crippen LogP contribution in [-0.4, -0.2) is 31.2 Å². The van der Waals surface area contributed by atoms with Crippen LogP contribution >= 0.6 is 11.6 Å². The molecule has 1 aliphatic rings. The van der Waals surface area contributed by atoms with E-state index in [1.807, 2.05) is 6.07 Å². The summed E-state index contributed by atoms with van der Waals surface area (Å²) in [6.45, 7) is 4.36. The normalized spacial score (nSPS) is 13.4. The second kappa shape index (κ2) is 5.61. The van der Waals surface area contributed by atoms with Gasteiger partial charge in [-0.15, -0.1) is 11.6 Å². The Balaban J connectivity index is 2.05. The molecule has 2 rings (SSSR count). The van der Waals surface area contributed by atoms with Gasteiger partial charge in [0, 0.05) is 12.4 Å². The van der Waals surface area contributed by atoms with Crippen molar-refractivity contribution in [3.05, 3.63) is 23.3 Å². The lowest BCUT2D eigenvalue weighted by molar-refractivity contribution is 0.174. The first-order chi connectivity index (χ1) is 8.20. The zero-order valence-corrected chi connectivity index (χ0v) is 11.1. The summed E-state index contributed by atoms with van der Waals surface area (Å²) in [6, 6.07) is 4.13. The highest BCUT2D eigenvalue weighted by atomic mass is 35.5. The highest BCUT2D eigenvalue weighted by Gasteiger charge is 2.16. The molecule has 0 fully saturated rings. The van der Waals surface area contributed by atoms with Crippen LogP contribution in [0.4, 0.5) is 0 Å². The molecule has 0 saturated carbocycles. The number of fused-ring (bicyclic) bond motifs is 1. The van der Waals surface area contributed by atoms with E-state index in [0.29, 0.717) is 12.7 Å². The number of alkyl halides is 1. The quantitative estimate of drug-likeness (QED) is 0.756. The smallest absolute Gasteiger partial charge is 0.231 e. The minimum absolute atomic E-state index is 0.334. The predicted octanol–water partition coefficient (Wildman–Crippen LogP) is 2.78. The fraction of sp³-hybridized carbons (Fsp3) is 0.538. The van der Waals surface area contributed by atoms with Crippen LogP contribution in [0.2, 0.25) is 0 Å². The molecule has 0 amide bonds. The maximum Gasteiger partial charge on any atom is 0.231 e. The third kappa shape index (κ3) is 3.05. The van der Waals surface area contributed by atoms with Gasteiger partial charge in [0.1, 0.15) is 0 Å². The second-order valence-corrected chi connectivity index (χ2v) is 4.79. The fourth-order valence-corrected chi connectivity index (χ4v) is 2.08. The molecule has 1 aromatic carbocycles. The van der Waals surface area contributed by atoms with Crippen molar-refractivity contribution in [1.29, 1.82) is 0 Å². The van der Waals surface area contributed by atoms with Crippen LogP contribution in [0, 0.1) is 6.92 Å². The molecule has 0 bridgehead atoms. The molecule has 0 N–H and O–H groups in total. The SMILES string of the molecule is Cc1cc2c(cc1CN(C)CCCCl)OCO2. The van der Waals surface area contributed by atoms with E-state index in [-0.39, 0.29) is 0 Å². The van der Waals surface area contributed by atoms with Gasteiger partial charge in [-0.3, -0.25) is 0 Å². The van der Waals surface area contributed by atoms with Crippen molar-refractivity contribution in [2.75, 3.05) is 26.3 Å². The predicted molar refractivity (Wildman–Crippen MR) is 69.0 cm³/mol. The minimum atomic E-state index is 0.334. The lowest BCUT2D eigenvalue weighted by Gasteiger charge is -2.17. The van der Waals surface area contributed by atoms with Crippen LogP contribution in [-0.2, 0) is 6.54 Å². The zero-order valence-electron chi connectivity index (χ0n) is 10.3. The number of benzene rings is 1. The molecule has 1 aliphatic heterocycles.